The van der Waals surface area contributed by atoms with E-state index in [2.05, 4.69) is 27.7 Å². The molecular formula is C18H40O2Sn. The Morgan fingerprint density at radius 1 is 0.524 bits per heavy atom. The first-order chi connectivity index (χ1) is 10.2. The van der Waals surface area contributed by atoms with Gasteiger partial charge in [0, 0.05) is 0 Å². The van der Waals surface area contributed by atoms with Crippen molar-refractivity contribution in [2.45, 2.75) is 101 Å². The molecule has 0 spiro atoms. The molecule has 0 aromatic carbocycles. The molecule has 0 rings (SSSR count). The molecule has 3 heteroatoms. The summed E-state index contributed by atoms with van der Waals surface area (Å²) >= 11 is -2.79. The van der Waals surface area contributed by atoms with Crippen LogP contribution in [0.25, 0.3) is 0 Å². The monoisotopic (exact) mass is 408 g/mol. The maximum absolute atomic E-state index is 6.50. The molecule has 0 atom stereocenters. The van der Waals surface area contributed by atoms with E-state index >= 15 is 0 Å². The molecular weight excluding hydrogens is 367 g/mol. The number of hydrogen-bond donors (Lipinski definition) is 0. The zero-order chi connectivity index (χ0) is 15.8. The van der Waals surface area contributed by atoms with Crippen LogP contribution in [0.2, 0.25) is 8.87 Å². The fraction of sp³-hybridized carbons (Fsp3) is 1.00. The summed E-state index contributed by atoms with van der Waals surface area (Å²) in [6.45, 7) is 10.9. The Bertz CT molecular complexity index is 164. The average molecular weight is 407 g/mol. The summed E-state index contributed by atoms with van der Waals surface area (Å²) in [5.74, 6) is 0. The van der Waals surface area contributed by atoms with E-state index in [9.17, 15) is 0 Å². The zero-order valence-corrected chi connectivity index (χ0v) is 18.1. The fourth-order valence-corrected chi connectivity index (χ4v) is 12.6. The third-order valence-corrected chi connectivity index (χ3v) is 14.6. The first-order valence-corrected chi connectivity index (χ1v) is 15.9. The quantitative estimate of drug-likeness (QED) is 0.217. The summed E-state index contributed by atoms with van der Waals surface area (Å²) < 4.78 is 15.6. The van der Waals surface area contributed by atoms with Crippen molar-refractivity contribution in [3.05, 3.63) is 0 Å². The summed E-state index contributed by atoms with van der Waals surface area (Å²) in [6, 6.07) is 0. The Kier molecular flexibility index (Phi) is 16.1. The van der Waals surface area contributed by atoms with Gasteiger partial charge in [-0.1, -0.05) is 0 Å². The van der Waals surface area contributed by atoms with Crippen LogP contribution in [-0.2, 0) is 6.15 Å². The van der Waals surface area contributed by atoms with E-state index in [1.807, 2.05) is 0 Å². The molecule has 0 N–H and O–H groups in total. The van der Waals surface area contributed by atoms with Gasteiger partial charge in [-0.2, -0.15) is 0 Å². The van der Waals surface area contributed by atoms with Crippen molar-refractivity contribution in [3.8, 4) is 0 Å². The van der Waals surface area contributed by atoms with E-state index in [0.717, 1.165) is 13.2 Å². The van der Waals surface area contributed by atoms with Crippen molar-refractivity contribution in [1.29, 1.82) is 0 Å². The molecule has 0 aliphatic rings. The van der Waals surface area contributed by atoms with E-state index in [4.69, 9.17) is 6.15 Å². The van der Waals surface area contributed by atoms with Gasteiger partial charge in [-0.05, 0) is 0 Å². The topological polar surface area (TPSA) is 18.5 Å². The van der Waals surface area contributed by atoms with Gasteiger partial charge in [0.1, 0.15) is 0 Å². The van der Waals surface area contributed by atoms with Crippen molar-refractivity contribution in [3.63, 3.8) is 0 Å². The van der Waals surface area contributed by atoms with Crippen LogP contribution in [-0.4, -0.2) is 32.4 Å². The zero-order valence-electron chi connectivity index (χ0n) is 15.2. The predicted molar refractivity (Wildman–Crippen MR) is 96.1 cm³/mol. The molecule has 0 saturated carbocycles. The Morgan fingerprint density at radius 2 is 0.905 bits per heavy atom. The van der Waals surface area contributed by atoms with Crippen LogP contribution in [0.5, 0.6) is 0 Å². The maximum atomic E-state index is 6.50. The van der Waals surface area contributed by atoms with Crippen LogP contribution in [0.4, 0.5) is 0 Å². The summed E-state index contributed by atoms with van der Waals surface area (Å²) in [5, 5.41) is 0. The van der Waals surface area contributed by atoms with Crippen LogP contribution >= 0.6 is 0 Å². The van der Waals surface area contributed by atoms with Gasteiger partial charge in [-0.3, -0.25) is 0 Å². The predicted octanol–water partition coefficient (Wildman–Crippen LogP) is 6.44. The molecule has 128 valence electrons. The van der Waals surface area contributed by atoms with Crippen molar-refractivity contribution in [1.82, 2.24) is 0 Å². The summed E-state index contributed by atoms with van der Waals surface area (Å²) in [4.78, 5) is 0. The first-order valence-electron chi connectivity index (χ1n) is 9.52. The molecule has 0 aromatic rings. The first kappa shape index (κ1) is 21.7. The van der Waals surface area contributed by atoms with Gasteiger partial charge in [-0.25, -0.2) is 0 Å². The van der Waals surface area contributed by atoms with Crippen molar-refractivity contribution in [2.24, 2.45) is 0 Å². The summed E-state index contributed by atoms with van der Waals surface area (Å²) in [7, 11) is 0. The Morgan fingerprint density at radius 3 is 1.24 bits per heavy atom. The number of unbranched alkanes of at least 4 members (excludes halogenated alkanes) is 6. The number of hydrogen-bond acceptors (Lipinski definition) is 2. The third kappa shape index (κ3) is 11.9. The molecule has 0 radical (unpaired) electrons. The molecule has 0 aromatic heterocycles. The average Bonchev–Trinajstić information content (AvgIpc) is 2.48. The summed E-state index contributed by atoms with van der Waals surface area (Å²) in [5.41, 5.74) is 0. The van der Waals surface area contributed by atoms with Gasteiger partial charge in [-0.15, -0.1) is 0 Å². The second-order valence-corrected chi connectivity index (χ2v) is 15.9. The minimum atomic E-state index is -2.79. The van der Waals surface area contributed by atoms with Crippen molar-refractivity contribution < 1.29 is 6.15 Å². The van der Waals surface area contributed by atoms with Gasteiger partial charge in [0.25, 0.3) is 0 Å². The molecule has 0 aliphatic carbocycles. The molecule has 2 nitrogen and oxygen atoms in total. The molecule has 0 bridgehead atoms. The molecule has 21 heavy (non-hydrogen) atoms. The van der Waals surface area contributed by atoms with Crippen LogP contribution in [0.1, 0.15) is 91.9 Å². The van der Waals surface area contributed by atoms with Crippen molar-refractivity contribution >= 4 is 19.2 Å². The van der Waals surface area contributed by atoms with E-state index in [1.165, 1.54) is 73.1 Å². The third-order valence-electron chi connectivity index (χ3n) is 4.05. The number of rotatable bonds is 16. The van der Waals surface area contributed by atoms with Gasteiger partial charge < -0.3 is 0 Å². The van der Waals surface area contributed by atoms with Gasteiger partial charge in [0.2, 0.25) is 0 Å². The van der Waals surface area contributed by atoms with Crippen LogP contribution in [0.15, 0.2) is 0 Å². The standard InChI is InChI=1S/2C5H11.2C4H9O.Sn/c2*1-3-5-4-2;2*1-2-3-4-5;/h2*1,3-5H2,2H3;2*2-4H2,1H3;/q;;2*-1;+2. The van der Waals surface area contributed by atoms with Crippen LogP contribution < -0.4 is 0 Å². The van der Waals surface area contributed by atoms with Gasteiger partial charge in [0.05, 0.1) is 0 Å². The van der Waals surface area contributed by atoms with E-state index in [0.29, 0.717) is 0 Å². The minimum absolute atomic E-state index is 0.941. The SMILES string of the molecule is CCCC[CH2][Sn]([CH2]CCCC)([O]CCCC)[O]CCCC. The normalized spacial score (nSPS) is 12.0. The Balaban J connectivity index is 4.52. The molecule has 0 aliphatic heterocycles. The summed E-state index contributed by atoms with van der Waals surface area (Å²) in [6.07, 6.45) is 12.7. The fourth-order valence-electron chi connectivity index (χ4n) is 2.55. The van der Waals surface area contributed by atoms with Gasteiger partial charge in [0.15, 0.2) is 0 Å². The molecule has 0 heterocycles. The Hall–Kier alpha value is 0.719. The van der Waals surface area contributed by atoms with E-state index in [1.54, 1.807) is 0 Å². The second-order valence-electron chi connectivity index (χ2n) is 6.23. The Labute approximate surface area is 139 Å². The molecule has 0 fully saturated rings. The van der Waals surface area contributed by atoms with Crippen LogP contribution in [0, 0.1) is 0 Å². The van der Waals surface area contributed by atoms with E-state index in [-0.39, 0.29) is 0 Å². The van der Waals surface area contributed by atoms with E-state index < -0.39 is 19.2 Å². The molecule has 0 saturated heterocycles. The molecule has 0 amide bonds. The molecule has 0 unspecified atom stereocenters. The van der Waals surface area contributed by atoms with Gasteiger partial charge >= 0.3 is 139 Å². The van der Waals surface area contributed by atoms with Crippen molar-refractivity contribution in [2.75, 3.05) is 13.2 Å². The van der Waals surface area contributed by atoms with Crippen LogP contribution in [0.3, 0.4) is 0 Å². The second kappa shape index (κ2) is 15.6.